The van der Waals surface area contributed by atoms with Crippen LogP contribution in [0, 0.1) is 11.3 Å². The van der Waals surface area contributed by atoms with Gasteiger partial charge in [0.2, 0.25) is 0 Å². The molecule has 1 heterocycles. The molecule has 0 bridgehead atoms. The van der Waals surface area contributed by atoms with Gasteiger partial charge >= 0.3 is 0 Å². The van der Waals surface area contributed by atoms with Gasteiger partial charge in [-0.1, -0.05) is 27.7 Å². The lowest BCUT2D eigenvalue weighted by Crippen LogP contribution is -2.44. The summed E-state index contributed by atoms with van der Waals surface area (Å²) in [5.41, 5.74) is 3.23. The summed E-state index contributed by atoms with van der Waals surface area (Å²) < 4.78 is 0. The maximum Gasteiger partial charge on any atom is 0.0864 e. The standard InChI is InChI=1S/C9H19NO/c1-7-5-6-10-11-8(7)9(2,3)4/h7-8,10H,5-6H2,1-4H3. The molecule has 1 saturated heterocycles. The Balaban J connectivity index is 2.55. The Morgan fingerprint density at radius 2 is 2.00 bits per heavy atom. The topological polar surface area (TPSA) is 21.3 Å². The Morgan fingerprint density at radius 3 is 2.36 bits per heavy atom. The molecule has 0 spiro atoms. The van der Waals surface area contributed by atoms with Crippen molar-refractivity contribution in [2.24, 2.45) is 11.3 Å². The molecular weight excluding hydrogens is 138 g/mol. The molecule has 1 rings (SSSR count). The fourth-order valence-electron chi connectivity index (χ4n) is 1.73. The molecule has 0 aromatic heterocycles. The molecule has 2 unspecified atom stereocenters. The van der Waals surface area contributed by atoms with Crippen LogP contribution in [-0.4, -0.2) is 12.6 Å². The van der Waals surface area contributed by atoms with Crippen LogP contribution < -0.4 is 5.48 Å². The Hall–Kier alpha value is -0.0800. The summed E-state index contributed by atoms with van der Waals surface area (Å²) in [7, 11) is 0. The first-order valence-corrected chi connectivity index (χ1v) is 4.40. The van der Waals surface area contributed by atoms with Crippen molar-refractivity contribution in [3.63, 3.8) is 0 Å². The van der Waals surface area contributed by atoms with Gasteiger partial charge in [0, 0.05) is 6.54 Å². The maximum absolute atomic E-state index is 5.50. The van der Waals surface area contributed by atoms with Crippen molar-refractivity contribution in [3.05, 3.63) is 0 Å². The summed E-state index contributed by atoms with van der Waals surface area (Å²) in [6.07, 6.45) is 1.58. The lowest BCUT2D eigenvalue weighted by molar-refractivity contribution is -0.131. The van der Waals surface area contributed by atoms with Crippen LogP contribution in [0.3, 0.4) is 0 Å². The van der Waals surface area contributed by atoms with Crippen molar-refractivity contribution < 1.29 is 4.84 Å². The Kier molecular flexibility index (Phi) is 2.55. The molecular formula is C9H19NO. The minimum absolute atomic E-state index is 0.257. The Bertz CT molecular complexity index is 128. The van der Waals surface area contributed by atoms with Crippen LogP contribution in [0.5, 0.6) is 0 Å². The van der Waals surface area contributed by atoms with E-state index in [-0.39, 0.29) is 5.41 Å². The molecule has 2 atom stereocenters. The number of rotatable bonds is 0. The largest absolute Gasteiger partial charge is 0.298 e. The highest BCUT2D eigenvalue weighted by molar-refractivity contribution is 4.80. The molecule has 0 aromatic carbocycles. The predicted molar refractivity (Wildman–Crippen MR) is 46.1 cm³/mol. The van der Waals surface area contributed by atoms with E-state index in [0.717, 1.165) is 6.54 Å². The van der Waals surface area contributed by atoms with Crippen LogP contribution in [0.25, 0.3) is 0 Å². The second kappa shape index (κ2) is 3.11. The molecule has 2 nitrogen and oxygen atoms in total. The fourth-order valence-corrected chi connectivity index (χ4v) is 1.73. The van der Waals surface area contributed by atoms with Crippen molar-refractivity contribution in [2.45, 2.75) is 40.2 Å². The van der Waals surface area contributed by atoms with E-state index >= 15 is 0 Å². The van der Waals surface area contributed by atoms with Crippen molar-refractivity contribution in [1.29, 1.82) is 0 Å². The van der Waals surface area contributed by atoms with E-state index < -0.39 is 0 Å². The first-order chi connectivity index (χ1) is 5.02. The SMILES string of the molecule is CC1CCNOC1C(C)(C)C. The van der Waals surface area contributed by atoms with Crippen LogP contribution in [0.2, 0.25) is 0 Å². The third-order valence-electron chi connectivity index (χ3n) is 2.28. The number of nitrogens with one attached hydrogen (secondary N) is 1. The van der Waals surface area contributed by atoms with Crippen LogP contribution in [0.15, 0.2) is 0 Å². The highest BCUT2D eigenvalue weighted by atomic mass is 16.7. The Labute approximate surface area is 69.3 Å². The van der Waals surface area contributed by atoms with Gasteiger partial charge < -0.3 is 0 Å². The van der Waals surface area contributed by atoms with Crippen molar-refractivity contribution in [1.82, 2.24) is 5.48 Å². The van der Waals surface area contributed by atoms with Gasteiger partial charge in [-0.15, -0.1) is 0 Å². The zero-order chi connectivity index (χ0) is 8.48. The summed E-state index contributed by atoms with van der Waals surface area (Å²) in [5, 5.41) is 0. The first-order valence-electron chi connectivity index (χ1n) is 4.40. The van der Waals surface area contributed by atoms with Gasteiger partial charge in [-0.05, 0) is 17.8 Å². The molecule has 11 heavy (non-hydrogen) atoms. The summed E-state index contributed by atoms with van der Waals surface area (Å²) >= 11 is 0. The van der Waals surface area contributed by atoms with Crippen LogP contribution in [0.4, 0.5) is 0 Å². The molecule has 0 aliphatic carbocycles. The van der Waals surface area contributed by atoms with Gasteiger partial charge in [0.15, 0.2) is 0 Å². The van der Waals surface area contributed by atoms with Crippen molar-refractivity contribution in [2.75, 3.05) is 6.54 Å². The molecule has 0 radical (unpaired) electrons. The van der Waals surface area contributed by atoms with E-state index in [1.165, 1.54) is 6.42 Å². The van der Waals surface area contributed by atoms with Gasteiger partial charge in [-0.2, -0.15) is 0 Å². The maximum atomic E-state index is 5.50. The molecule has 1 fully saturated rings. The van der Waals surface area contributed by atoms with Crippen LogP contribution in [-0.2, 0) is 4.84 Å². The average Bonchev–Trinajstić information content (AvgIpc) is 1.86. The monoisotopic (exact) mass is 157 g/mol. The fraction of sp³-hybridized carbons (Fsp3) is 1.00. The van der Waals surface area contributed by atoms with E-state index in [9.17, 15) is 0 Å². The average molecular weight is 157 g/mol. The number of hydroxylamine groups is 1. The molecule has 2 heteroatoms. The third kappa shape index (κ3) is 2.17. The first kappa shape index (κ1) is 9.01. The number of hydrogen-bond donors (Lipinski definition) is 1. The molecule has 66 valence electrons. The zero-order valence-corrected chi connectivity index (χ0v) is 7.98. The van der Waals surface area contributed by atoms with Gasteiger partial charge in [0.1, 0.15) is 0 Å². The lowest BCUT2D eigenvalue weighted by Gasteiger charge is -2.38. The highest BCUT2D eigenvalue weighted by Crippen LogP contribution is 2.30. The van der Waals surface area contributed by atoms with Gasteiger partial charge in [0.05, 0.1) is 6.10 Å². The smallest absolute Gasteiger partial charge is 0.0864 e. The van der Waals surface area contributed by atoms with Crippen molar-refractivity contribution in [3.8, 4) is 0 Å². The van der Waals surface area contributed by atoms with E-state index in [2.05, 4.69) is 33.2 Å². The van der Waals surface area contributed by atoms with E-state index in [1.54, 1.807) is 0 Å². The molecule has 0 aromatic rings. The zero-order valence-electron chi connectivity index (χ0n) is 7.98. The summed E-state index contributed by atoms with van der Waals surface area (Å²) in [6, 6.07) is 0. The molecule has 0 saturated carbocycles. The van der Waals surface area contributed by atoms with Crippen molar-refractivity contribution >= 4 is 0 Å². The third-order valence-corrected chi connectivity index (χ3v) is 2.28. The second-order valence-corrected chi connectivity index (χ2v) is 4.56. The molecule has 1 aliphatic heterocycles. The minimum Gasteiger partial charge on any atom is -0.298 e. The number of hydrogen-bond acceptors (Lipinski definition) is 2. The summed E-state index contributed by atoms with van der Waals surface area (Å²) in [4.78, 5) is 5.50. The van der Waals surface area contributed by atoms with E-state index in [1.807, 2.05) is 0 Å². The molecule has 0 amide bonds. The highest BCUT2D eigenvalue weighted by Gasteiger charge is 2.32. The Morgan fingerprint density at radius 1 is 1.36 bits per heavy atom. The van der Waals surface area contributed by atoms with Crippen LogP contribution in [0.1, 0.15) is 34.1 Å². The molecule has 1 N–H and O–H groups in total. The van der Waals surface area contributed by atoms with Crippen LogP contribution >= 0.6 is 0 Å². The van der Waals surface area contributed by atoms with Gasteiger partial charge in [-0.25, -0.2) is 5.48 Å². The van der Waals surface area contributed by atoms with Gasteiger partial charge in [0.25, 0.3) is 0 Å². The van der Waals surface area contributed by atoms with Gasteiger partial charge in [-0.3, -0.25) is 4.84 Å². The molecule has 1 aliphatic rings. The summed E-state index contributed by atoms with van der Waals surface area (Å²) in [6.45, 7) is 9.92. The predicted octanol–water partition coefficient (Wildman–Crippen LogP) is 1.96. The normalized spacial score (nSPS) is 33.8. The summed E-state index contributed by atoms with van der Waals surface area (Å²) in [5.74, 6) is 0.677. The van der Waals surface area contributed by atoms with E-state index in [0.29, 0.717) is 12.0 Å². The second-order valence-electron chi connectivity index (χ2n) is 4.56. The van der Waals surface area contributed by atoms with E-state index in [4.69, 9.17) is 4.84 Å². The quantitative estimate of drug-likeness (QED) is 0.580. The lowest BCUT2D eigenvalue weighted by atomic mass is 9.80. The minimum atomic E-state index is 0.257.